The van der Waals surface area contributed by atoms with Crippen LogP contribution in [-0.2, 0) is 20.9 Å². The van der Waals surface area contributed by atoms with E-state index in [0.717, 1.165) is 0 Å². The molecule has 0 aliphatic carbocycles. The molecule has 1 aromatic rings. The Morgan fingerprint density at radius 1 is 1.37 bits per heavy atom. The van der Waals surface area contributed by atoms with Crippen LogP contribution in [0, 0.1) is 0 Å². The molecule has 2 amide bonds. The van der Waals surface area contributed by atoms with Crippen LogP contribution in [0.4, 0.5) is 10.5 Å². The molecule has 1 fully saturated rings. The van der Waals surface area contributed by atoms with E-state index in [9.17, 15) is 19.8 Å². The van der Waals surface area contributed by atoms with E-state index in [2.05, 4.69) is 10.6 Å². The van der Waals surface area contributed by atoms with Crippen molar-refractivity contribution in [3.05, 3.63) is 23.8 Å². The number of nitrogens with one attached hydrogen (secondary N) is 2. The van der Waals surface area contributed by atoms with E-state index in [4.69, 9.17) is 19.9 Å². The number of hydrogen-bond acceptors (Lipinski definition) is 8. The number of benzene rings is 1. The summed E-state index contributed by atoms with van der Waals surface area (Å²) in [7, 11) is 1.45. The van der Waals surface area contributed by atoms with Crippen LogP contribution >= 0.6 is 0 Å². The Morgan fingerprint density at radius 3 is 2.81 bits per heavy atom. The fourth-order valence-electron chi connectivity index (χ4n) is 2.44. The maximum Gasteiger partial charge on any atom is 0.407 e. The molecule has 10 heteroatoms. The Bertz CT molecular complexity index is 655. The second kappa shape index (κ2) is 10.1. The van der Waals surface area contributed by atoms with Crippen molar-refractivity contribution in [1.82, 2.24) is 5.32 Å². The quantitative estimate of drug-likeness (QED) is 0.429. The van der Waals surface area contributed by atoms with Gasteiger partial charge in [-0.25, -0.2) is 4.79 Å². The fraction of sp³-hybridized carbons (Fsp3) is 0.529. The fourth-order valence-corrected chi connectivity index (χ4v) is 2.44. The molecule has 0 radical (unpaired) electrons. The van der Waals surface area contributed by atoms with E-state index in [-0.39, 0.29) is 44.3 Å². The zero-order valence-corrected chi connectivity index (χ0v) is 15.0. The largest absolute Gasteiger partial charge is 0.460 e. The first-order valence-corrected chi connectivity index (χ1v) is 8.54. The Morgan fingerprint density at radius 2 is 2.15 bits per heavy atom. The Hall–Kier alpha value is -2.40. The van der Waals surface area contributed by atoms with Gasteiger partial charge >= 0.3 is 6.09 Å². The predicted octanol–water partition coefficient (Wildman–Crippen LogP) is -0.323. The van der Waals surface area contributed by atoms with Crippen LogP contribution in [0.1, 0.15) is 18.4 Å². The van der Waals surface area contributed by atoms with Gasteiger partial charge in [-0.15, -0.1) is 0 Å². The van der Waals surface area contributed by atoms with E-state index >= 15 is 0 Å². The molecule has 1 aliphatic rings. The molecule has 0 spiro atoms. The molecular weight excluding hydrogens is 358 g/mol. The van der Waals surface area contributed by atoms with Crippen molar-refractivity contribution in [2.24, 2.45) is 5.73 Å². The standard InChI is InChI=1S/C17H25N3O7/c1-19-17(24)26-8-10-2-3-14(12(6-10)20-15(23)4-5-18)27-16-13(22)7-11(21)9-25-16/h2-3,6,11,13,16,21-22H,4-5,7-9,18H2,1H3,(H,19,24)(H,20,23). The van der Waals surface area contributed by atoms with Crippen molar-refractivity contribution in [1.29, 1.82) is 0 Å². The first-order chi connectivity index (χ1) is 12.9. The van der Waals surface area contributed by atoms with Crippen molar-refractivity contribution in [2.45, 2.75) is 37.9 Å². The lowest BCUT2D eigenvalue weighted by Crippen LogP contribution is -2.44. The number of rotatable bonds is 7. The lowest BCUT2D eigenvalue weighted by atomic mass is 10.1. The molecule has 0 bridgehead atoms. The molecule has 3 unspecified atom stereocenters. The number of aliphatic hydroxyl groups excluding tert-OH is 2. The molecule has 10 nitrogen and oxygen atoms in total. The SMILES string of the molecule is CNC(=O)OCc1ccc(OC2OCC(O)CC2O)c(NC(=O)CCN)c1. The number of amides is 2. The highest BCUT2D eigenvalue weighted by Crippen LogP contribution is 2.29. The summed E-state index contributed by atoms with van der Waals surface area (Å²) in [6, 6.07) is 4.82. The first kappa shape index (κ1) is 20.9. The minimum Gasteiger partial charge on any atom is -0.460 e. The van der Waals surface area contributed by atoms with Gasteiger partial charge in [-0.1, -0.05) is 6.07 Å². The van der Waals surface area contributed by atoms with Crippen LogP contribution in [0.25, 0.3) is 0 Å². The van der Waals surface area contributed by atoms with Crippen molar-refractivity contribution in [3.63, 3.8) is 0 Å². The van der Waals surface area contributed by atoms with E-state index in [1.807, 2.05) is 0 Å². The number of hydrogen-bond donors (Lipinski definition) is 5. The number of carbonyl (C=O) groups is 2. The van der Waals surface area contributed by atoms with E-state index in [1.54, 1.807) is 18.2 Å². The lowest BCUT2D eigenvalue weighted by Gasteiger charge is -2.31. The number of carbonyl (C=O) groups excluding carboxylic acids is 2. The van der Waals surface area contributed by atoms with E-state index in [0.29, 0.717) is 11.3 Å². The average Bonchev–Trinajstić information content (AvgIpc) is 2.63. The Balaban J connectivity index is 2.15. The van der Waals surface area contributed by atoms with E-state index in [1.165, 1.54) is 7.05 Å². The van der Waals surface area contributed by atoms with Gasteiger partial charge in [-0.05, 0) is 17.7 Å². The van der Waals surface area contributed by atoms with Gasteiger partial charge in [0.2, 0.25) is 12.2 Å². The highest BCUT2D eigenvalue weighted by Gasteiger charge is 2.31. The van der Waals surface area contributed by atoms with Gasteiger partial charge in [-0.2, -0.15) is 0 Å². The van der Waals surface area contributed by atoms with Crippen LogP contribution in [-0.4, -0.2) is 60.9 Å². The Labute approximate surface area is 156 Å². The molecule has 1 heterocycles. The molecule has 1 aromatic carbocycles. The minimum absolute atomic E-state index is 0.00550. The number of alkyl carbamates (subject to hydrolysis) is 1. The predicted molar refractivity (Wildman–Crippen MR) is 95.0 cm³/mol. The molecule has 2 rings (SSSR count). The van der Waals surface area contributed by atoms with Gasteiger partial charge in [0, 0.05) is 26.4 Å². The molecule has 150 valence electrons. The molecule has 0 saturated carbocycles. The maximum absolute atomic E-state index is 11.9. The molecule has 27 heavy (non-hydrogen) atoms. The molecule has 0 aromatic heterocycles. The summed E-state index contributed by atoms with van der Waals surface area (Å²) in [6.07, 6.45) is -3.09. The number of nitrogens with two attached hydrogens (primary N) is 1. The molecule has 3 atom stereocenters. The van der Waals surface area contributed by atoms with Crippen molar-refractivity contribution in [3.8, 4) is 5.75 Å². The van der Waals surface area contributed by atoms with Gasteiger partial charge in [-0.3, -0.25) is 4.79 Å². The highest BCUT2D eigenvalue weighted by molar-refractivity contribution is 5.92. The van der Waals surface area contributed by atoms with Crippen molar-refractivity contribution < 1.29 is 34.0 Å². The smallest absolute Gasteiger partial charge is 0.407 e. The molecule has 1 aliphatic heterocycles. The summed E-state index contributed by atoms with van der Waals surface area (Å²) >= 11 is 0. The van der Waals surface area contributed by atoms with Gasteiger partial charge in [0.15, 0.2) is 0 Å². The second-order valence-corrected chi connectivity index (χ2v) is 6.02. The third kappa shape index (κ3) is 6.36. The van der Waals surface area contributed by atoms with Crippen molar-refractivity contribution >= 4 is 17.7 Å². The topological polar surface area (TPSA) is 152 Å². The highest BCUT2D eigenvalue weighted by atomic mass is 16.7. The lowest BCUT2D eigenvalue weighted by molar-refractivity contribution is -0.198. The molecule has 1 saturated heterocycles. The summed E-state index contributed by atoms with van der Waals surface area (Å²) in [4.78, 5) is 23.2. The zero-order chi connectivity index (χ0) is 19.8. The number of anilines is 1. The normalized spacial score (nSPS) is 22.0. The Kier molecular flexibility index (Phi) is 7.80. The second-order valence-electron chi connectivity index (χ2n) is 6.02. The monoisotopic (exact) mass is 383 g/mol. The first-order valence-electron chi connectivity index (χ1n) is 8.54. The van der Waals surface area contributed by atoms with Gasteiger partial charge in [0.1, 0.15) is 18.5 Å². The summed E-state index contributed by atoms with van der Waals surface area (Å²) < 4.78 is 16.0. The maximum atomic E-state index is 11.9. The summed E-state index contributed by atoms with van der Waals surface area (Å²) in [5, 5.41) is 24.5. The molecule has 6 N–H and O–H groups in total. The molecular formula is C17H25N3O7. The number of aliphatic hydroxyl groups is 2. The van der Waals surface area contributed by atoms with Gasteiger partial charge < -0.3 is 40.8 Å². The van der Waals surface area contributed by atoms with Crippen LogP contribution < -0.4 is 21.1 Å². The minimum atomic E-state index is -1.02. The zero-order valence-electron chi connectivity index (χ0n) is 15.0. The third-order valence-corrected chi connectivity index (χ3v) is 3.79. The van der Waals surface area contributed by atoms with Gasteiger partial charge in [0.25, 0.3) is 0 Å². The van der Waals surface area contributed by atoms with Gasteiger partial charge in [0.05, 0.1) is 18.4 Å². The van der Waals surface area contributed by atoms with Crippen LogP contribution in [0.2, 0.25) is 0 Å². The third-order valence-electron chi connectivity index (χ3n) is 3.79. The summed E-state index contributed by atoms with van der Waals surface area (Å²) in [6.45, 7) is 0.215. The van der Waals surface area contributed by atoms with E-state index < -0.39 is 24.6 Å². The van der Waals surface area contributed by atoms with Crippen LogP contribution in [0.5, 0.6) is 5.75 Å². The number of ether oxygens (including phenoxy) is 3. The van der Waals surface area contributed by atoms with Crippen LogP contribution in [0.15, 0.2) is 18.2 Å². The summed E-state index contributed by atoms with van der Waals surface area (Å²) in [5.74, 6) is -0.0447. The average molecular weight is 383 g/mol. The van der Waals surface area contributed by atoms with Crippen LogP contribution in [0.3, 0.4) is 0 Å². The summed E-state index contributed by atoms with van der Waals surface area (Å²) in [5.41, 5.74) is 6.34. The van der Waals surface area contributed by atoms with Crippen molar-refractivity contribution in [2.75, 3.05) is 25.5 Å².